The molecule has 0 radical (unpaired) electrons. The van der Waals surface area contributed by atoms with E-state index in [4.69, 9.17) is 9.47 Å². The van der Waals surface area contributed by atoms with Gasteiger partial charge in [-0.15, -0.1) is 0 Å². The van der Waals surface area contributed by atoms with Gasteiger partial charge in [-0.1, -0.05) is 29.8 Å². The van der Waals surface area contributed by atoms with E-state index in [2.05, 4.69) is 35.1 Å². The normalized spacial score (nSPS) is 19.2. The number of allylic oxidation sites excluding steroid dienone is 3. The molecule has 6 heteroatoms. The number of Topliss-reactive ketones (excluding diaryl/α,β-unsaturated/α-hetero) is 1. The van der Waals surface area contributed by atoms with Crippen LogP contribution in [-0.2, 0) is 14.3 Å². The fraction of sp³-hybridized carbons (Fsp3) is 0.478. The van der Waals surface area contributed by atoms with Crippen LogP contribution in [0.4, 0.5) is 0 Å². The van der Waals surface area contributed by atoms with Gasteiger partial charge in [0.05, 0.1) is 24.7 Å². The van der Waals surface area contributed by atoms with Crippen molar-refractivity contribution in [2.75, 3.05) is 13.2 Å². The predicted octanol–water partition coefficient (Wildman–Crippen LogP) is 5.01. The molecule has 0 saturated heterocycles. The fourth-order valence-electron chi connectivity index (χ4n) is 3.91. The zero-order chi connectivity index (χ0) is 21.1. The van der Waals surface area contributed by atoms with Crippen molar-refractivity contribution < 1.29 is 19.1 Å². The third-order valence-electron chi connectivity index (χ3n) is 5.13. The molecule has 1 N–H and O–H groups in total. The van der Waals surface area contributed by atoms with Gasteiger partial charge in [0.15, 0.2) is 5.78 Å². The molecule has 1 atom stereocenters. The van der Waals surface area contributed by atoms with Crippen LogP contribution in [0, 0.1) is 5.92 Å². The van der Waals surface area contributed by atoms with Crippen LogP contribution in [0.5, 0.6) is 5.75 Å². The van der Waals surface area contributed by atoms with Crippen LogP contribution in [0.2, 0.25) is 0 Å². The highest BCUT2D eigenvalue weighted by molar-refractivity contribution is 9.10. The Labute approximate surface area is 180 Å². The molecule has 1 aliphatic carbocycles. The van der Waals surface area contributed by atoms with Crippen molar-refractivity contribution >= 4 is 27.7 Å². The van der Waals surface area contributed by atoms with Crippen LogP contribution in [0.25, 0.3) is 0 Å². The maximum absolute atomic E-state index is 13.0. The van der Waals surface area contributed by atoms with Crippen LogP contribution in [0.15, 0.2) is 45.2 Å². The van der Waals surface area contributed by atoms with E-state index in [0.717, 1.165) is 34.3 Å². The standard InChI is InChI=1S/C23H28BrNO4/c1-5-28-23(27)20-14(4)25-17-7-6-8-18(26)22(17)21(20)16-11-15(24)9-10-19(16)29-12-13(2)3/h9-11,13,21,25H,5-8,12H2,1-4H3. The summed E-state index contributed by atoms with van der Waals surface area (Å²) in [6.45, 7) is 8.65. The van der Waals surface area contributed by atoms with Crippen LogP contribution in [0.1, 0.15) is 58.4 Å². The Morgan fingerprint density at radius 2 is 2.07 bits per heavy atom. The summed E-state index contributed by atoms with van der Waals surface area (Å²) in [6, 6.07) is 5.76. The fourth-order valence-corrected chi connectivity index (χ4v) is 4.29. The average Bonchev–Trinajstić information content (AvgIpc) is 2.66. The number of halogens is 1. The van der Waals surface area contributed by atoms with E-state index in [1.54, 1.807) is 6.92 Å². The molecule has 0 bridgehead atoms. The second-order valence-electron chi connectivity index (χ2n) is 7.87. The van der Waals surface area contributed by atoms with Gasteiger partial charge in [0.2, 0.25) is 0 Å². The zero-order valence-corrected chi connectivity index (χ0v) is 19.0. The zero-order valence-electron chi connectivity index (χ0n) is 17.4. The maximum Gasteiger partial charge on any atom is 0.336 e. The molecule has 0 saturated carbocycles. The highest BCUT2D eigenvalue weighted by atomic mass is 79.9. The first-order valence-corrected chi connectivity index (χ1v) is 11.0. The number of ether oxygens (including phenoxy) is 2. The van der Waals surface area contributed by atoms with Crippen molar-refractivity contribution in [2.45, 2.75) is 52.9 Å². The summed E-state index contributed by atoms with van der Waals surface area (Å²) >= 11 is 3.54. The maximum atomic E-state index is 13.0. The molecule has 29 heavy (non-hydrogen) atoms. The Balaban J connectivity index is 2.19. The molecule has 1 unspecified atom stereocenters. The van der Waals surface area contributed by atoms with Crippen LogP contribution < -0.4 is 10.1 Å². The molecule has 2 aliphatic rings. The number of ketones is 1. The minimum absolute atomic E-state index is 0.0767. The number of esters is 1. The monoisotopic (exact) mass is 461 g/mol. The Kier molecular flexibility index (Phi) is 6.83. The topological polar surface area (TPSA) is 64.6 Å². The van der Waals surface area contributed by atoms with Gasteiger partial charge in [-0.2, -0.15) is 0 Å². The molecule has 1 heterocycles. The smallest absolute Gasteiger partial charge is 0.336 e. The number of nitrogens with one attached hydrogen (secondary N) is 1. The molecule has 1 aromatic rings. The second kappa shape index (κ2) is 9.16. The van der Waals surface area contributed by atoms with Crippen molar-refractivity contribution in [3.05, 3.63) is 50.8 Å². The lowest BCUT2D eigenvalue weighted by Crippen LogP contribution is -2.34. The van der Waals surface area contributed by atoms with Gasteiger partial charge in [-0.25, -0.2) is 4.79 Å². The lowest BCUT2D eigenvalue weighted by molar-refractivity contribution is -0.138. The molecule has 0 spiro atoms. The first kappa shape index (κ1) is 21.6. The van der Waals surface area contributed by atoms with E-state index >= 15 is 0 Å². The number of carbonyl (C=O) groups is 2. The van der Waals surface area contributed by atoms with Crippen molar-refractivity contribution in [3.63, 3.8) is 0 Å². The summed E-state index contributed by atoms with van der Waals surface area (Å²) in [7, 11) is 0. The Morgan fingerprint density at radius 1 is 1.31 bits per heavy atom. The molecule has 0 fully saturated rings. The van der Waals surface area contributed by atoms with E-state index in [1.807, 2.05) is 25.1 Å². The van der Waals surface area contributed by atoms with Crippen molar-refractivity contribution in [2.24, 2.45) is 5.92 Å². The lowest BCUT2D eigenvalue weighted by atomic mass is 9.75. The van der Waals surface area contributed by atoms with Crippen LogP contribution >= 0.6 is 15.9 Å². The minimum Gasteiger partial charge on any atom is -0.493 e. The Morgan fingerprint density at radius 3 is 2.76 bits per heavy atom. The average molecular weight is 462 g/mol. The summed E-state index contributed by atoms with van der Waals surface area (Å²) in [5.74, 6) is 0.217. The third kappa shape index (κ3) is 4.58. The van der Waals surface area contributed by atoms with Crippen molar-refractivity contribution in [1.82, 2.24) is 5.32 Å². The highest BCUT2D eigenvalue weighted by Gasteiger charge is 2.40. The van der Waals surface area contributed by atoms with E-state index in [9.17, 15) is 9.59 Å². The summed E-state index contributed by atoms with van der Waals surface area (Å²) in [5, 5.41) is 3.31. The number of hydrogen-bond donors (Lipinski definition) is 1. The van der Waals surface area contributed by atoms with Crippen molar-refractivity contribution in [3.8, 4) is 5.75 Å². The molecule has 0 amide bonds. The van der Waals surface area contributed by atoms with Gasteiger partial charge in [0.25, 0.3) is 0 Å². The lowest BCUT2D eigenvalue weighted by Gasteiger charge is -2.34. The van der Waals surface area contributed by atoms with Gasteiger partial charge in [0.1, 0.15) is 5.75 Å². The first-order valence-electron chi connectivity index (χ1n) is 10.2. The van der Waals surface area contributed by atoms with E-state index in [1.165, 1.54) is 0 Å². The minimum atomic E-state index is -0.502. The number of dihydropyridines is 1. The molecule has 5 nitrogen and oxygen atoms in total. The van der Waals surface area contributed by atoms with Gasteiger partial charge in [-0.05, 0) is 50.8 Å². The molecular weight excluding hydrogens is 434 g/mol. The van der Waals surface area contributed by atoms with Gasteiger partial charge in [0, 0.05) is 33.4 Å². The summed E-state index contributed by atoms with van der Waals surface area (Å²) in [4.78, 5) is 25.9. The molecule has 0 aromatic heterocycles. The molecular formula is C23H28BrNO4. The Hall–Kier alpha value is -2.08. The highest BCUT2D eigenvalue weighted by Crippen LogP contribution is 2.46. The molecule has 1 aliphatic heterocycles. The predicted molar refractivity (Wildman–Crippen MR) is 116 cm³/mol. The number of benzene rings is 1. The second-order valence-corrected chi connectivity index (χ2v) is 8.79. The molecule has 156 valence electrons. The first-order chi connectivity index (χ1) is 13.8. The summed E-state index contributed by atoms with van der Waals surface area (Å²) in [6.07, 6.45) is 2.10. The molecule has 3 rings (SSSR count). The number of rotatable bonds is 6. The van der Waals surface area contributed by atoms with Crippen LogP contribution in [0.3, 0.4) is 0 Å². The quantitative estimate of drug-likeness (QED) is 0.602. The number of carbonyl (C=O) groups excluding carboxylic acids is 2. The van der Waals surface area contributed by atoms with E-state index < -0.39 is 11.9 Å². The van der Waals surface area contributed by atoms with E-state index in [-0.39, 0.29) is 12.4 Å². The Bertz CT molecular complexity index is 885. The van der Waals surface area contributed by atoms with E-state index in [0.29, 0.717) is 35.8 Å². The third-order valence-corrected chi connectivity index (χ3v) is 5.62. The number of hydrogen-bond acceptors (Lipinski definition) is 5. The van der Waals surface area contributed by atoms with Crippen LogP contribution in [-0.4, -0.2) is 25.0 Å². The largest absolute Gasteiger partial charge is 0.493 e. The van der Waals surface area contributed by atoms with Gasteiger partial charge < -0.3 is 14.8 Å². The SMILES string of the molecule is CCOC(=O)C1=C(C)NC2=C(C(=O)CCC2)C1c1cc(Br)ccc1OCC(C)C. The molecule has 1 aromatic carbocycles. The van der Waals surface area contributed by atoms with Gasteiger partial charge in [-0.3, -0.25) is 4.79 Å². The summed E-state index contributed by atoms with van der Waals surface area (Å²) in [5.41, 5.74) is 3.60. The summed E-state index contributed by atoms with van der Waals surface area (Å²) < 4.78 is 12.3. The van der Waals surface area contributed by atoms with Crippen molar-refractivity contribution in [1.29, 1.82) is 0 Å². The van der Waals surface area contributed by atoms with Gasteiger partial charge >= 0.3 is 5.97 Å².